The molecule has 1 N–H and O–H groups in total. The highest BCUT2D eigenvalue weighted by molar-refractivity contribution is 6.08. The number of carbonyl (C=O) groups excluding carboxylic acids is 2. The Hall–Kier alpha value is -2.66. The van der Waals surface area contributed by atoms with E-state index in [1.54, 1.807) is 11.0 Å². The van der Waals surface area contributed by atoms with E-state index in [2.05, 4.69) is 0 Å². The van der Waals surface area contributed by atoms with Crippen molar-refractivity contribution in [2.24, 2.45) is 0 Å². The van der Waals surface area contributed by atoms with Crippen molar-refractivity contribution in [3.05, 3.63) is 59.2 Å². The zero-order valence-corrected chi connectivity index (χ0v) is 15.3. The molecule has 1 heterocycles. The minimum absolute atomic E-state index is 0.220. The van der Waals surface area contributed by atoms with Crippen LogP contribution in [0, 0.1) is 6.92 Å². The van der Waals surface area contributed by atoms with Crippen molar-refractivity contribution >= 4 is 17.4 Å². The molecule has 0 spiro atoms. The molecule has 3 rings (SSSR count). The fourth-order valence-corrected chi connectivity index (χ4v) is 3.39. The van der Waals surface area contributed by atoms with Crippen LogP contribution in [0.5, 0.6) is 5.75 Å². The van der Waals surface area contributed by atoms with E-state index < -0.39 is 11.5 Å². The monoisotopic (exact) mass is 353 g/mol. The molecular formula is C21H23NO4. The summed E-state index contributed by atoms with van der Waals surface area (Å²) in [6, 6.07) is 13.0. The first kappa shape index (κ1) is 18.1. The second-order valence-electron chi connectivity index (χ2n) is 6.73. The van der Waals surface area contributed by atoms with Gasteiger partial charge in [-0.3, -0.25) is 9.59 Å². The van der Waals surface area contributed by atoms with Crippen LogP contribution >= 0.6 is 0 Å². The molecule has 1 aliphatic heterocycles. The summed E-state index contributed by atoms with van der Waals surface area (Å²) in [7, 11) is 0. The Morgan fingerprint density at radius 3 is 2.50 bits per heavy atom. The largest absolute Gasteiger partial charge is 0.494 e. The zero-order valence-electron chi connectivity index (χ0n) is 15.3. The second-order valence-corrected chi connectivity index (χ2v) is 6.73. The number of ketones is 1. The number of aryl methyl sites for hydroxylation is 1. The van der Waals surface area contributed by atoms with Gasteiger partial charge in [0.25, 0.3) is 5.91 Å². The standard InChI is InChI=1S/C21H23NO4/c1-4-26-17-8-6-16(7-9-17)13-22-19-10-5-14(2)11-18(19)21(25,20(22)24)12-15(3)23/h5-11,25H,4,12-13H2,1-3H3/t21-/m1/s1. The number of hydrogen-bond acceptors (Lipinski definition) is 4. The van der Waals surface area contributed by atoms with E-state index in [9.17, 15) is 14.7 Å². The molecule has 0 unspecified atom stereocenters. The van der Waals surface area contributed by atoms with Gasteiger partial charge < -0.3 is 14.7 Å². The minimum Gasteiger partial charge on any atom is -0.494 e. The predicted molar refractivity (Wildman–Crippen MR) is 99.2 cm³/mol. The molecule has 0 saturated heterocycles. The molecule has 2 aromatic carbocycles. The van der Waals surface area contributed by atoms with Crippen LogP contribution in [0.4, 0.5) is 5.69 Å². The number of hydrogen-bond donors (Lipinski definition) is 1. The number of Topliss-reactive ketones (excluding diaryl/α,β-unsaturated/α-hetero) is 1. The van der Waals surface area contributed by atoms with Crippen LogP contribution in [0.15, 0.2) is 42.5 Å². The number of amides is 1. The molecule has 26 heavy (non-hydrogen) atoms. The zero-order chi connectivity index (χ0) is 18.9. The maximum Gasteiger partial charge on any atom is 0.264 e. The molecule has 0 radical (unpaired) electrons. The van der Waals surface area contributed by atoms with Crippen LogP contribution in [0.2, 0.25) is 0 Å². The molecule has 1 aliphatic rings. The molecule has 5 heteroatoms. The van der Waals surface area contributed by atoms with Gasteiger partial charge in [0, 0.05) is 12.0 Å². The molecule has 2 aromatic rings. The van der Waals surface area contributed by atoms with Crippen LogP contribution in [0.25, 0.3) is 0 Å². The Morgan fingerprint density at radius 1 is 1.19 bits per heavy atom. The summed E-state index contributed by atoms with van der Waals surface area (Å²) in [6.07, 6.45) is -0.220. The van der Waals surface area contributed by atoms with Crippen molar-refractivity contribution in [2.45, 2.75) is 39.3 Å². The number of carbonyl (C=O) groups is 2. The quantitative estimate of drug-likeness (QED) is 0.866. The van der Waals surface area contributed by atoms with E-state index >= 15 is 0 Å². The van der Waals surface area contributed by atoms with Gasteiger partial charge in [0.1, 0.15) is 11.5 Å². The average molecular weight is 353 g/mol. The Labute approximate surface area is 153 Å². The fraction of sp³-hybridized carbons (Fsp3) is 0.333. The molecule has 5 nitrogen and oxygen atoms in total. The van der Waals surface area contributed by atoms with Crippen molar-refractivity contribution in [2.75, 3.05) is 11.5 Å². The van der Waals surface area contributed by atoms with Gasteiger partial charge in [-0.25, -0.2) is 0 Å². The van der Waals surface area contributed by atoms with Gasteiger partial charge in [-0.15, -0.1) is 0 Å². The van der Waals surface area contributed by atoms with Gasteiger partial charge in [0.15, 0.2) is 5.60 Å². The first-order valence-corrected chi connectivity index (χ1v) is 8.72. The molecule has 0 aliphatic carbocycles. The Bertz CT molecular complexity index is 844. The topological polar surface area (TPSA) is 66.8 Å². The van der Waals surface area contributed by atoms with Crippen LogP contribution in [-0.4, -0.2) is 23.4 Å². The summed E-state index contributed by atoms with van der Waals surface area (Å²) in [6.45, 7) is 6.12. The molecule has 136 valence electrons. The normalized spacial score (nSPS) is 18.8. The van der Waals surface area contributed by atoms with Gasteiger partial charge in [0.05, 0.1) is 18.8 Å². The second kappa shape index (κ2) is 6.92. The van der Waals surface area contributed by atoms with E-state index in [0.717, 1.165) is 16.9 Å². The first-order chi connectivity index (χ1) is 12.3. The van der Waals surface area contributed by atoms with Crippen LogP contribution in [-0.2, 0) is 21.7 Å². The number of benzene rings is 2. The number of anilines is 1. The lowest BCUT2D eigenvalue weighted by atomic mass is 9.89. The van der Waals surface area contributed by atoms with Gasteiger partial charge >= 0.3 is 0 Å². The summed E-state index contributed by atoms with van der Waals surface area (Å²) < 4.78 is 5.44. The summed E-state index contributed by atoms with van der Waals surface area (Å²) in [5.41, 5.74) is 1.21. The lowest BCUT2D eigenvalue weighted by molar-refractivity contribution is -0.141. The summed E-state index contributed by atoms with van der Waals surface area (Å²) in [4.78, 5) is 26.2. The van der Waals surface area contributed by atoms with Gasteiger partial charge in [-0.1, -0.05) is 29.8 Å². The van der Waals surface area contributed by atoms with E-state index in [4.69, 9.17) is 4.74 Å². The molecule has 1 atom stereocenters. The van der Waals surface area contributed by atoms with Crippen molar-refractivity contribution in [1.82, 2.24) is 0 Å². The maximum atomic E-state index is 13.0. The smallest absolute Gasteiger partial charge is 0.264 e. The van der Waals surface area contributed by atoms with E-state index in [-0.39, 0.29) is 12.2 Å². The molecule has 0 aromatic heterocycles. The van der Waals surface area contributed by atoms with Crippen LogP contribution < -0.4 is 9.64 Å². The highest BCUT2D eigenvalue weighted by atomic mass is 16.5. The lowest BCUT2D eigenvalue weighted by Gasteiger charge is -2.22. The lowest BCUT2D eigenvalue weighted by Crippen LogP contribution is -2.41. The van der Waals surface area contributed by atoms with Crippen LogP contribution in [0.1, 0.15) is 37.0 Å². The first-order valence-electron chi connectivity index (χ1n) is 8.72. The third kappa shape index (κ3) is 3.22. The number of aliphatic hydroxyl groups is 1. The maximum absolute atomic E-state index is 13.0. The van der Waals surface area contributed by atoms with Gasteiger partial charge in [-0.05, 0) is 44.5 Å². The van der Waals surface area contributed by atoms with Gasteiger partial charge in [-0.2, -0.15) is 0 Å². The summed E-state index contributed by atoms with van der Waals surface area (Å²) in [5, 5.41) is 11.0. The third-order valence-electron chi connectivity index (χ3n) is 4.57. The molecule has 0 fully saturated rings. The molecular weight excluding hydrogens is 330 g/mol. The molecule has 1 amide bonds. The number of nitrogens with zero attached hydrogens (tertiary/aromatic N) is 1. The highest BCUT2D eigenvalue weighted by Crippen LogP contribution is 2.43. The fourth-order valence-electron chi connectivity index (χ4n) is 3.39. The Balaban J connectivity index is 1.95. The van der Waals surface area contributed by atoms with Crippen LogP contribution in [0.3, 0.4) is 0 Å². The predicted octanol–water partition coefficient (Wildman–Crippen LogP) is 3.11. The van der Waals surface area contributed by atoms with E-state index in [1.807, 2.05) is 50.2 Å². The Morgan fingerprint density at radius 2 is 1.88 bits per heavy atom. The number of fused-ring (bicyclic) bond motifs is 1. The van der Waals surface area contributed by atoms with Crippen molar-refractivity contribution < 1.29 is 19.4 Å². The molecule has 0 bridgehead atoms. The SMILES string of the molecule is CCOc1ccc(CN2C(=O)[C@@](O)(CC(C)=O)c3cc(C)ccc32)cc1. The van der Waals surface area contributed by atoms with Crippen molar-refractivity contribution in [1.29, 1.82) is 0 Å². The highest BCUT2D eigenvalue weighted by Gasteiger charge is 2.50. The number of rotatable bonds is 6. The summed E-state index contributed by atoms with van der Waals surface area (Å²) >= 11 is 0. The van der Waals surface area contributed by atoms with E-state index in [0.29, 0.717) is 24.4 Å². The Kier molecular flexibility index (Phi) is 4.83. The van der Waals surface area contributed by atoms with Crippen molar-refractivity contribution in [3.8, 4) is 5.75 Å². The molecule has 0 saturated carbocycles. The summed E-state index contributed by atoms with van der Waals surface area (Å²) in [5.74, 6) is 0.0894. The average Bonchev–Trinajstić information content (AvgIpc) is 2.78. The third-order valence-corrected chi connectivity index (χ3v) is 4.57. The number of ether oxygens (including phenoxy) is 1. The van der Waals surface area contributed by atoms with E-state index in [1.165, 1.54) is 6.92 Å². The van der Waals surface area contributed by atoms with Gasteiger partial charge in [0.2, 0.25) is 0 Å². The van der Waals surface area contributed by atoms with Crippen molar-refractivity contribution in [3.63, 3.8) is 0 Å². The minimum atomic E-state index is -1.79.